The Labute approximate surface area is 100 Å². The van der Waals surface area contributed by atoms with Crippen LogP contribution < -0.4 is 5.73 Å². The SMILES string of the molecule is NCC1CCN(C(=O)CCc2cccs2)C1. The molecule has 1 aromatic heterocycles. The number of carbonyl (C=O) groups is 1. The quantitative estimate of drug-likeness (QED) is 0.864. The van der Waals surface area contributed by atoms with Gasteiger partial charge in [0.25, 0.3) is 0 Å². The van der Waals surface area contributed by atoms with Crippen molar-refractivity contribution >= 4 is 17.2 Å². The molecule has 0 radical (unpaired) electrons. The maximum atomic E-state index is 11.9. The number of aryl methyl sites for hydroxylation is 1. The van der Waals surface area contributed by atoms with Gasteiger partial charge in [-0.15, -0.1) is 11.3 Å². The monoisotopic (exact) mass is 238 g/mol. The van der Waals surface area contributed by atoms with Gasteiger partial charge in [0.15, 0.2) is 0 Å². The molecule has 1 fully saturated rings. The van der Waals surface area contributed by atoms with Crippen LogP contribution >= 0.6 is 11.3 Å². The summed E-state index contributed by atoms with van der Waals surface area (Å²) in [5.41, 5.74) is 5.61. The van der Waals surface area contributed by atoms with Crippen LogP contribution in [0.3, 0.4) is 0 Å². The normalized spacial score (nSPS) is 20.3. The van der Waals surface area contributed by atoms with Crippen LogP contribution in [-0.2, 0) is 11.2 Å². The summed E-state index contributed by atoms with van der Waals surface area (Å²) in [7, 11) is 0. The first-order chi connectivity index (χ1) is 7.79. The van der Waals surface area contributed by atoms with Gasteiger partial charge in [0.05, 0.1) is 0 Å². The summed E-state index contributed by atoms with van der Waals surface area (Å²) in [6.07, 6.45) is 2.58. The lowest BCUT2D eigenvalue weighted by atomic mass is 10.1. The average Bonchev–Trinajstić information content (AvgIpc) is 2.96. The highest BCUT2D eigenvalue weighted by atomic mass is 32.1. The zero-order chi connectivity index (χ0) is 11.4. The van der Waals surface area contributed by atoms with Gasteiger partial charge in [0.2, 0.25) is 5.91 Å². The van der Waals surface area contributed by atoms with Crippen molar-refractivity contribution in [1.29, 1.82) is 0 Å². The molecule has 4 heteroatoms. The molecule has 3 nitrogen and oxygen atoms in total. The van der Waals surface area contributed by atoms with E-state index in [2.05, 4.69) is 11.4 Å². The van der Waals surface area contributed by atoms with Crippen LogP contribution in [0.15, 0.2) is 17.5 Å². The highest BCUT2D eigenvalue weighted by molar-refractivity contribution is 7.09. The Morgan fingerprint density at radius 2 is 2.50 bits per heavy atom. The second-order valence-corrected chi connectivity index (χ2v) is 5.34. The first-order valence-corrected chi connectivity index (χ1v) is 6.68. The zero-order valence-electron chi connectivity index (χ0n) is 9.39. The number of carbonyl (C=O) groups excluding carboxylic acids is 1. The van der Waals surface area contributed by atoms with E-state index >= 15 is 0 Å². The van der Waals surface area contributed by atoms with E-state index in [1.54, 1.807) is 11.3 Å². The van der Waals surface area contributed by atoms with Crippen molar-refractivity contribution in [2.24, 2.45) is 11.7 Å². The molecule has 1 unspecified atom stereocenters. The lowest BCUT2D eigenvalue weighted by Crippen LogP contribution is -2.29. The van der Waals surface area contributed by atoms with Crippen molar-refractivity contribution in [2.75, 3.05) is 19.6 Å². The van der Waals surface area contributed by atoms with Crippen molar-refractivity contribution in [3.05, 3.63) is 22.4 Å². The minimum absolute atomic E-state index is 0.282. The van der Waals surface area contributed by atoms with Gasteiger partial charge in [-0.2, -0.15) is 0 Å². The molecule has 1 aliphatic rings. The zero-order valence-corrected chi connectivity index (χ0v) is 10.2. The molecular formula is C12H18N2OS. The van der Waals surface area contributed by atoms with Gasteiger partial charge in [-0.1, -0.05) is 6.07 Å². The van der Waals surface area contributed by atoms with Crippen LogP contribution in [0.1, 0.15) is 17.7 Å². The third-order valence-electron chi connectivity index (χ3n) is 3.14. The molecule has 1 amide bonds. The lowest BCUT2D eigenvalue weighted by Gasteiger charge is -2.15. The van der Waals surface area contributed by atoms with Crippen LogP contribution in [-0.4, -0.2) is 30.4 Å². The Bertz CT molecular complexity index is 337. The van der Waals surface area contributed by atoms with Gasteiger partial charge in [-0.3, -0.25) is 4.79 Å². The molecule has 0 aromatic carbocycles. The molecule has 2 N–H and O–H groups in total. The Hall–Kier alpha value is -0.870. The van der Waals surface area contributed by atoms with E-state index in [1.807, 2.05) is 11.0 Å². The minimum atomic E-state index is 0.282. The van der Waals surface area contributed by atoms with Gasteiger partial charge >= 0.3 is 0 Å². The maximum Gasteiger partial charge on any atom is 0.222 e. The standard InChI is InChI=1S/C12H18N2OS/c13-8-10-5-6-14(9-10)12(15)4-3-11-2-1-7-16-11/h1-2,7,10H,3-6,8-9,13H2. The number of rotatable bonds is 4. The number of hydrogen-bond donors (Lipinski definition) is 1. The van der Waals surface area contributed by atoms with Crippen LogP contribution in [0.4, 0.5) is 0 Å². The van der Waals surface area contributed by atoms with E-state index in [9.17, 15) is 4.79 Å². The Morgan fingerprint density at radius 3 is 3.12 bits per heavy atom. The lowest BCUT2D eigenvalue weighted by molar-refractivity contribution is -0.130. The summed E-state index contributed by atoms with van der Waals surface area (Å²) in [6, 6.07) is 4.12. The molecule has 1 aliphatic heterocycles. The van der Waals surface area contributed by atoms with Crippen LogP contribution in [0.25, 0.3) is 0 Å². The molecule has 1 atom stereocenters. The van der Waals surface area contributed by atoms with E-state index in [1.165, 1.54) is 4.88 Å². The van der Waals surface area contributed by atoms with E-state index in [0.29, 0.717) is 18.9 Å². The molecule has 0 bridgehead atoms. The van der Waals surface area contributed by atoms with Crippen molar-refractivity contribution in [3.8, 4) is 0 Å². The number of nitrogens with zero attached hydrogens (tertiary/aromatic N) is 1. The summed E-state index contributed by atoms with van der Waals surface area (Å²) >= 11 is 1.72. The van der Waals surface area contributed by atoms with Crippen LogP contribution in [0, 0.1) is 5.92 Å². The van der Waals surface area contributed by atoms with Crippen LogP contribution in [0.2, 0.25) is 0 Å². The predicted octanol–water partition coefficient (Wildman–Crippen LogP) is 1.49. The number of hydrogen-bond acceptors (Lipinski definition) is 3. The highest BCUT2D eigenvalue weighted by Crippen LogP contribution is 2.17. The topological polar surface area (TPSA) is 46.3 Å². The summed E-state index contributed by atoms with van der Waals surface area (Å²) in [4.78, 5) is 15.1. The molecule has 88 valence electrons. The van der Waals surface area contributed by atoms with E-state index in [-0.39, 0.29) is 5.91 Å². The van der Waals surface area contributed by atoms with Gasteiger partial charge in [-0.05, 0) is 36.8 Å². The van der Waals surface area contributed by atoms with Gasteiger partial charge < -0.3 is 10.6 Å². The molecule has 0 spiro atoms. The smallest absolute Gasteiger partial charge is 0.222 e. The maximum absolute atomic E-state index is 11.9. The second-order valence-electron chi connectivity index (χ2n) is 4.31. The largest absolute Gasteiger partial charge is 0.342 e. The van der Waals surface area contributed by atoms with Gasteiger partial charge in [-0.25, -0.2) is 0 Å². The molecular weight excluding hydrogens is 220 g/mol. The Morgan fingerprint density at radius 1 is 1.62 bits per heavy atom. The third-order valence-corrected chi connectivity index (χ3v) is 4.07. The van der Waals surface area contributed by atoms with Crippen molar-refractivity contribution < 1.29 is 4.79 Å². The van der Waals surface area contributed by atoms with E-state index in [0.717, 1.165) is 25.9 Å². The fraction of sp³-hybridized carbons (Fsp3) is 0.583. The molecule has 1 saturated heterocycles. The minimum Gasteiger partial charge on any atom is -0.342 e. The Kier molecular flexibility index (Phi) is 3.96. The van der Waals surface area contributed by atoms with Crippen molar-refractivity contribution in [1.82, 2.24) is 4.90 Å². The summed E-state index contributed by atoms with van der Waals surface area (Å²) in [6.45, 7) is 2.46. The number of nitrogens with two attached hydrogens (primary N) is 1. The number of amides is 1. The van der Waals surface area contributed by atoms with Gasteiger partial charge in [0.1, 0.15) is 0 Å². The average molecular weight is 238 g/mol. The highest BCUT2D eigenvalue weighted by Gasteiger charge is 2.24. The first-order valence-electron chi connectivity index (χ1n) is 5.80. The summed E-state index contributed by atoms with van der Waals surface area (Å²) < 4.78 is 0. The van der Waals surface area contributed by atoms with Crippen LogP contribution in [0.5, 0.6) is 0 Å². The summed E-state index contributed by atoms with van der Waals surface area (Å²) in [5, 5.41) is 2.06. The van der Waals surface area contributed by atoms with Gasteiger partial charge in [0, 0.05) is 24.4 Å². The molecule has 2 heterocycles. The molecule has 0 saturated carbocycles. The predicted molar refractivity (Wildman–Crippen MR) is 66.4 cm³/mol. The fourth-order valence-corrected chi connectivity index (χ4v) is 2.80. The molecule has 0 aliphatic carbocycles. The Balaban J connectivity index is 1.76. The summed E-state index contributed by atoms with van der Waals surface area (Å²) in [5.74, 6) is 0.801. The van der Waals surface area contributed by atoms with E-state index < -0.39 is 0 Å². The second kappa shape index (κ2) is 5.46. The van der Waals surface area contributed by atoms with Crippen molar-refractivity contribution in [2.45, 2.75) is 19.3 Å². The molecule has 16 heavy (non-hydrogen) atoms. The fourth-order valence-electron chi connectivity index (χ4n) is 2.09. The molecule has 1 aromatic rings. The molecule has 2 rings (SSSR count). The van der Waals surface area contributed by atoms with E-state index in [4.69, 9.17) is 5.73 Å². The first kappa shape index (κ1) is 11.6. The number of likely N-dealkylation sites (tertiary alicyclic amines) is 1. The van der Waals surface area contributed by atoms with Crippen molar-refractivity contribution in [3.63, 3.8) is 0 Å². The third kappa shape index (κ3) is 2.83. The number of thiophene rings is 1.